The topological polar surface area (TPSA) is 90.1 Å². The van der Waals surface area contributed by atoms with Gasteiger partial charge in [-0.15, -0.1) is 0 Å². The Bertz CT molecular complexity index is 1270. The van der Waals surface area contributed by atoms with Crippen molar-refractivity contribution in [3.63, 3.8) is 0 Å². The van der Waals surface area contributed by atoms with Crippen molar-refractivity contribution < 1.29 is 12.8 Å². The fourth-order valence-corrected chi connectivity index (χ4v) is 3.30. The summed E-state index contributed by atoms with van der Waals surface area (Å²) in [7, 11) is -3.60. The number of halogens is 2. The fraction of sp³-hybridized carbons (Fsp3) is 0.0588. The Morgan fingerprint density at radius 1 is 1.07 bits per heavy atom. The third-order valence-electron chi connectivity index (χ3n) is 3.80. The Hall–Kier alpha value is -2.91. The highest BCUT2D eigenvalue weighted by Crippen LogP contribution is 2.32. The molecule has 27 heavy (non-hydrogen) atoms. The lowest BCUT2D eigenvalue weighted by molar-refractivity contribution is 0.593. The van der Waals surface area contributed by atoms with Gasteiger partial charge in [0, 0.05) is 24.2 Å². The monoisotopic (exact) mass is 403 g/mol. The Kier molecular flexibility index (Phi) is 4.12. The zero-order valence-corrected chi connectivity index (χ0v) is 15.4. The van der Waals surface area contributed by atoms with Gasteiger partial charge in [-0.25, -0.2) is 32.7 Å². The van der Waals surface area contributed by atoms with Gasteiger partial charge in [0.2, 0.25) is 15.0 Å². The van der Waals surface area contributed by atoms with Crippen LogP contribution in [0.15, 0.2) is 54.1 Å². The zero-order chi connectivity index (χ0) is 19.2. The summed E-state index contributed by atoms with van der Waals surface area (Å²) in [4.78, 5) is 16.5. The number of aromatic nitrogens is 5. The van der Waals surface area contributed by atoms with Gasteiger partial charge >= 0.3 is 0 Å². The molecule has 4 rings (SSSR count). The van der Waals surface area contributed by atoms with E-state index in [1.165, 1.54) is 24.5 Å². The number of hydrogen-bond donors (Lipinski definition) is 0. The van der Waals surface area contributed by atoms with Crippen molar-refractivity contribution in [2.24, 2.45) is 0 Å². The van der Waals surface area contributed by atoms with E-state index in [1.807, 2.05) is 0 Å². The molecule has 0 saturated carbocycles. The van der Waals surface area contributed by atoms with E-state index in [2.05, 4.69) is 19.9 Å². The SMILES string of the molecule is CS(=O)(=O)c1nccc(-c2c(-c3ccc(F)cc3)nc3cnc(Cl)cn23)n1. The molecule has 0 aliphatic rings. The standard InChI is InChI=1S/C17H11ClFN5O2S/c1-27(25,26)17-20-7-6-12(22-17)16-15(10-2-4-11(19)5-3-10)23-14-8-21-13(18)9-24(14)16/h2-9H,1H3. The van der Waals surface area contributed by atoms with Gasteiger partial charge in [-0.2, -0.15) is 0 Å². The summed E-state index contributed by atoms with van der Waals surface area (Å²) in [5.41, 5.74) is 2.42. The van der Waals surface area contributed by atoms with Crippen LogP contribution < -0.4 is 0 Å². The van der Waals surface area contributed by atoms with Crippen LogP contribution in [0.1, 0.15) is 0 Å². The van der Waals surface area contributed by atoms with Gasteiger partial charge in [-0.05, 0) is 30.3 Å². The summed E-state index contributed by atoms with van der Waals surface area (Å²) in [6, 6.07) is 7.36. The first kappa shape index (κ1) is 17.5. The van der Waals surface area contributed by atoms with Crippen molar-refractivity contribution >= 4 is 27.1 Å². The highest BCUT2D eigenvalue weighted by atomic mass is 35.5. The molecular formula is C17H11ClFN5O2S. The maximum Gasteiger partial charge on any atom is 0.247 e. The van der Waals surface area contributed by atoms with Crippen LogP contribution in [-0.2, 0) is 9.84 Å². The minimum absolute atomic E-state index is 0.226. The van der Waals surface area contributed by atoms with E-state index in [0.717, 1.165) is 6.26 Å². The van der Waals surface area contributed by atoms with E-state index in [4.69, 9.17) is 11.6 Å². The highest BCUT2D eigenvalue weighted by Gasteiger charge is 2.20. The van der Waals surface area contributed by atoms with E-state index < -0.39 is 9.84 Å². The summed E-state index contributed by atoms with van der Waals surface area (Å²) >= 11 is 6.02. The van der Waals surface area contributed by atoms with Crippen LogP contribution in [0.25, 0.3) is 28.3 Å². The maximum absolute atomic E-state index is 13.3. The van der Waals surface area contributed by atoms with Gasteiger partial charge < -0.3 is 0 Å². The van der Waals surface area contributed by atoms with Gasteiger partial charge in [0.05, 0.1) is 23.3 Å². The second-order valence-electron chi connectivity index (χ2n) is 5.75. The first-order valence-corrected chi connectivity index (χ1v) is 9.93. The Morgan fingerprint density at radius 3 is 2.52 bits per heavy atom. The van der Waals surface area contributed by atoms with Crippen LogP contribution >= 0.6 is 11.6 Å². The normalized spacial score (nSPS) is 11.8. The fourth-order valence-electron chi connectivity index (χ4n) is 2.64. The number of fused-ring (bicyclic) bond motifs is 1. The van der Waals surface area contributed by atoms with Crippen molar-refractivity contribution in [3.05, 3.63) is 59.9 Å². The summed E-state index contributed by atoms with van der Waals surface area (Å²) in [6.45, 7) is 0. The van der Waals surface area contributed by atoms with Gasteiger partial charge in [0.15, 0.2) is 5.65 Å². The molecule has 3 heterocycles. The lowest BCUT2D eigenvalue weighted by Crippen LogP contribution is -2.05. The van der Waals surface area contributed by atoms with Crippen LogP contribution in [0.3, 0.4) is 0 Å². The molecule has 136 valence electrons. The molecule has 0 bridgehead atoms. The van der Waals surface area contributed by atoms with Crippen molar-refractivity contribution in [1.29, 1.82) is 0 Å². The van der Waals surface area contributed by atoms with E-state index >= 15 is 0 Å². The highest BCUT2D eigenvalue weighted by molar-refractivity contribution is 7.90. The predicted molar refractivity (Wildman–Crippen MR) is 97.5 cm³/mol. The molecule has 0 radical (unpaired) electrons. The zero-order valence-electron chi connectivity index (χ0n) is 13.8. The smallest absolute Gasteiger partial charge is 0.247 e. The second-order valence-corrected chi connectivity index (χ2v) is 8.05. The number of rotatable bonds is 3. The van der Waals surface area contributed by atoms with Crippen LogP contribution in [0.5, 0.6) is 0 Å². The number of imidazole rings is 1. The average molecular weight is 404 g/mol. The molecule has 0 fully saturated rings. The molecule has 10 heteroatoms. The third-order valence-corrected chi connectivity index (χ3v) is 4.86. The Balaban J connectivity index is 2.05. The van der Waals surface area contributed by atoms with E-state index in [0.29, 0.717) is 28.3 Å². The molecule has 0 atom stereocenters. The first-order chi connectivity index (χ1) is 12.8. The minimum Gasteiger partial charge on any atom is -0.293 e. The van der Waals surface area contributed by atoms with Crippen molar-refractivity contribution in [2.75, 3.05) is 6.26 Å². The lowest BCUT2D eigenvalue weighted by atomic mass is 10.1. The molecule has 0 unspecified atom stereocenters. The summed E-state index contributed by atoms with van der Waals surface area (Å²) in [5.74, 6) is -0.379. The van der Waals surface area contributed by atoms with Crippen LogP contribution in [0, 0.1) is 5.82 Å². The van der Waals surface area contributed by atoms with Crippen LogP contribution in [0.4, 0.5) is 4.39 Å². The summed E-state index contributed by atoms with van der Waals surface area (Å²) < 4.78 is 38.7. The maximum atomic E-state index is 13.3. The summed E-state index contributed by atoms with van der Waals surface area (Å²) in [6.07, 6.45) is 5.42. The van der Waals surface area contributed by atoms with E-state index in [1.54, 1.807) is 28.8 Å². The molecule has 0 amide bonds. The molecule has 4 aromatic rings. The molecule has 7 nitrogen and oxygen atoms in total. The predicted octanol–water partition coefficient (Wildman–Crippen LogP) is 3.05. The molecule has 1 aromatic carbocycles. The van der Waals surface area contributed by atoms with E-state index in [9.17, 15) is 12.8 Å². The largest absolute Gasteiger partial charge is 0.293 e. The van der Waals surface area contributed by atoms with E-state index in [-0.39, 0.29) is 16.1 Å². The van der Waals surface area contributed by atoms with Gasteiger partial charge in [-0.1, -0.05) is 11.6 Å². The van der Waals surface area contributed by atoms with Crippen molar-refractivity contribution in [3.8, 4) is 22.6 Å². The van der Waals surface area contributed by atoms with Crippen LogP contribution in [0.2, 0.25) is 5.15 Å². The molecule has 0 aliphatic carbocycles. The molecule has 0 aliphatic heterocycles. The molecule has 0 N–H and O–H groups in total. The minimum atomic E-state index is -3.60. The number of hydrogen-bond acceptors (Lipinski definition) is 6. The van der Waals surface area contributed by atoms with Crippen LogP contribution in [-0.4, -0.2) is 39.0 Å². The lowest BCUT2D eigenvalue weighted by Gasteiger charge is -2.06. The number of sulfone groups is 1. The average Bonchev–Trinajstić information content (AvgIpc) is 3.00. The first-order valence-electron chi connectivity index (χ1n) is 7.66. The third kappa shape index (κ3) is 3.26. The molecule has 3 aromatic heterocycles. The molecular weight excluding hydrogens is 393 g/mol. The van der Waals surface area contributed by atoms with Gasteiger partial charge in [0.25, 0.3) is 0 Å². The summed E-state index contributed by atoms with van der Waals surface area (Å²) in [5, 5.41) is -0.0793. The quantitative estimate of drug-likeness (QED) is 0.488. The Morgan fingerprint density at radius 2 is 1.81 bits per heavy atom. The number of nitrogens with zero attached hydrogens (tertiary/aromatic N) is 5. The molecule has 0 saturated heterocycles. The second kappa shape index (κ2) is 6.36. The number of benzene rings is 1. The van der Waals surface area contributed by atoms with Crippen molar-refractivity contribution in [2.45, 2.75) is 5.16 Å². The van der Waals surface area contributed by atoms with Gasteiger partial charge in [0.1, 0.15) is 11.0 Å². The van der Waals surface area contributed by atoms with Gasteiger partial charge in [-0.3, -0.25) is 4.40 Å². The Labute approximate surface area is 158 Å². The van der Waals surface area contributed by atoms with Crippen molar-refractivity contribution in [1.82, 2.24) is 24.3 Å². The molecule has 0 spiro atoms.